The number of hydrogen-bond acceptors (Lipinski definition) is 1. The molecule has 0 bridgehead atoms. The molecule has 0 aliphatic rings. The zero-order valence-electron chi connectivity index (χ0n) is 11.0. The van der Waals surface area contributed by atoms with Crippen molar-refractivity contribution in [2.24, 2.45) is 0 Å². The van der Waals surface area contributed by atoms with E-state index in [-0.39, 0.29) is 5.82 Å². The van der Waals surface area contributed by atoms with Crippen molar-refractivity contribution in [3.05, 3.63) is 35.6 Å². The molecule has 0 unspecified atom stereocenters. The van der Waals surface area contributed by atoms with Gasteiger partial charge in [-0.25, -0.2) is 4.39 Å². The van der Waals surface area contributed by atoms with E-state index < -0.39 is 0 Å². The van der Waals surface area contributed by atoms with Crippen LogP contribution in [0.2, 0.25) is 0 Å². The smallest absolute Gasteiger partial charge is 0.123 e. The molecule has 1 aromatic carbocycles. The molecule has 0 saturated carbocycles. The molecule has 1 N–H and O–H groups in total. The minimum absolute atomic E-state index is 0.138. The van der Waals surface area contributed by atoms with Gasteiger partial charge in [0.1, 0.15) is 5.82 Å². The van der Waals surface area contributed by atoms with Crippen molar-refractivity contribution < 1.29 is 4.39 Å². The van der Waals surface area contributed by atoms with Crippen molar-refractivity contribution in [2.45, 2.75) is 52.0 Å². The number of benzene rings is 1. The fourth-order valence-electron chi connectivity index (χ4n) is 2.16. The van der Waals surface area contributed by atoms with Crippen LogP contribution in [0.5, 0.6) is 0 Å². The molecule has 0 heterocycles. The highest BCUT2D eigenvalue weighted by Gasteiger charge is 2.05. The molecule has 1 rings (SSSR count). The lowest BCUT2D eigenvalue weighted by molar-refractivity contribution is 0.447. The highest BCUT2D eigenvalue weighted by molar-refractivity contribution is 5.16. The van der Waals surface area contributed by atoms with E-state index in [0.29, 0.717) is 6.04 Å². The summed E-state index contributed by atoms with van der Waals surface area (Å²) in [6, 6.07) is 7.50. The summed E-state index contributed by atoms with van der Waals surface area (Å²) in [6.45, 7) is 5.38. The van der Waals surface area contributed by atoms with Crippen LogP contribution in [0.3, 0.4) is 0 Å². The topological polar surface area (TPSA) is 12.0 Å². The molecule has 0 spiro atoms. The van der Waals surface area contributed by atoms with Crippen molar-refractivity contribution in [1.82, 2.24) is 5.32 Å². The highest BCUT2D eigenvalue weighted by atomic mass is 19.1. The Hall–Kier alpha value is -0.890. The molecule has 2 heteroatoms. The Labute approximate surface area is 104 Å². The first kappa shape index (κ1) is 14.2. The summed E-state index contributed by atoms with van der Waals surface area (Å²) in [5, 5.41) is 3.57. The van der Waals surface area contributed by atoms with E-state index >= 15 is 0 Å². The van der Waals surface area contributed by atoms with E-state index in [1.807, 2.05) is 6.07 Å². The maximum absolute atomic E-state index is 13.0. The molecular weight excluding hydrogens is 213 g/mol. The Kier molecular flexibility index (Phi) is 6.87. The third kappa shape index (κ3) is 5.83. The van der Waals surface area contributed by atoms with Gasteiger partial charge in [-0.2, -0.15) is 0 Å². The van der Waals surface area contributed by atoms with Crippen LogP contribution in [-0.4, -0.2) is 12.6 Å². The third-order valence-corrected chi connectivity index (χ3v) is 3.01. The quantitative estimate of drug-likeness (QED) is 0.722. The van der Waals surface area contributed by atoms with Gasteiger partial charge in [-0.3, -0.25) is 0 Å². The van der Waals surface area contributed by atoms with Crippen LogP contribution in [0.1, 0.15) is 45.1 Å². The largest absolute Gasteiger partial charge is 0.314 e. The fraction of sp³-hybridized carbons (Fsp3) is 0.600. The van der Waals surface area contributed by atoms with Crippen LogP contribution < -0.4 is 5.32 Å². The molecule has 1 nitrogen and oxygen atoms in total. The van der Waals surface area contributed by atoms with E-state index in [1.165, 1.54) is 31.7 Å². The van der Waals surface area contributed by atoms with Crippen molar-refractivity contribution in [3.8, 4) is 0 Å². The summed E-state index contributed by atoms with van der Waals surface area (Å²) >= 11 is 0. The summed E-state index contributed by atoms with van der Waals surface area (Å²) in [7, 11) is 0. The number of rotatable bonds is 8. The predicted octanol–water partition coefficient (Wildman–Crippen LogP) is 3.93. The van der Waals surface area contributed by atoms with E-state index in [4.69, 9.17) is 0 Å². The molecule has 0 aromatic heterocycles. The predicted molar refractivity (Wildman–Crippen MR) is 71.7 cm³/mol. The van der Waals surface area contributed by atoms with Crippen molar-refractivity contribution in [2.75, 3.05) is 6.54 Å². The van der Waals surface area contributed by atoms with Gasteiger partial charge in [0.15, 0.2) is 0 Å². The number of nitrogens with one attached hydrogen (secondary N) is 1. The lowest BCUT2D eigenvalue weighted by atomic mass is 10.1. The Bertz CT molecular complexity index is 306. The van der Waals surface area contributed by atoms with E-state index in [2.05, 4.69) is 19.2 Å². The van der Waals surface area contributed by atoms with Gasteiger partial charge in [-0.1, -0.05) is 38.8 Å². The third-order valence-electron chi connectivity index (χ3n) is 3.01. The van der Waals surface area contributed by atoms with Gasteiger partial charge < -0.3 is 5.32 Å². The standard InChI is InChI=1S/C15H24FN/c1-3-6-15(7-4-2)17-11-10-13-8-5-9-14(16)12-13/h5,8-9,12,15,17H,3-4,6-7,10-11H2,1-2H3. The van der Waals surface area contributed by atoms with Crippen molar-refractivity contribution >= 4 is 0 Å². The van der Waals surface area contributed by atoms with E-state index in [9.17, 15) is 4.39 Å². The second-order valence-electron chi connectivity index (χ2n) is 4.61. The van der Waals surface area contributed by atoms with E-state index in [0.717, 1.165) is 18.5 Å². The fourth-order valence-corrected chi connectivity index (χ4v) is 2.16. The SMILES string of the molecule is CCCC(CCC)NCCc1cccc(F)c1. The van der Waals surface area contributed by atoms with E-state index in [1.54, 1.807) is 12.1 Å². The molecular formula is C15H24FN. The molecule has 0 aliphatic carbocycles. The Morgan fingerprint density at radius 3 is 2.47 bits per heavy atom. The Morgan fingerprint density at radius 2 is 1.88 bits per heavy atom. The normalized spacial score (nSPS) is 11.1. The molecule has 1 aromatic rings. The first-order valence-corrected chi connectivity index (χ1v) is 6.74. The monoisotopic (exact) mass is 237 g/mol. The van der Waals surface area contributed by atoms with Crippen LogP contribution in [0, 0.1) is 5.82 Å². The minimum Gasteiger partial charge on any atom is -0.314 e. The van der Waals surface area contributed by atoms with Crippen LogP contribution in [0.25, 0.3) is 0 Å². The van der Waals surface area contributed by atoms with Gasteiger partial charge >= 0.3 is 0 Å². The first-order valence-electron chi connectivity index (χ1n) is 6.74. The van der Waals surface area contributed by atoms with Gasteiger partial charge in [-0.05, 0) is 43.5 Å². The molecule has 0 atom stereocenters. The molecule has 0 fully saturated rings. The molecule has 96 valence electrons. The Balaban J connectivity index is 2.30. The average Bonchev–Trinajstić information content (AvgIpc) is 2.30. The van der Waals surface area contributed by atoms with Crippen LogP contribution >= 0.6 is 0 Å². The second kappa shape index (κ2) is 8.24. The van der Waals surface area contributed by atoms with Gasteiger partial charge in [0, 0.05) is 6.04 Å². The van der Waals surface area contributed by atoms with Crippen LogP contribution in [0.15, 0.2) is 24.3 Å². The zero-order valence-corrected chi connectivity index (χ0v) is 11.0. The summed E-state index contributed by atoms with van der Waals surface area (Å²) in [6.07, 6.45) is 5.81. The summed E-state index contributed by atoms with van der Waals surface area (Å²) in [5.74, 6) is -0.138. The summed E-state index contributed by atoms with van der Waals surface area (Å²) < 4.78 is 13.0. The highest BCUT2D eigenvalue weighted by Crippen LogP contribution is 2.06. The second-order valence-corrected chi connectivity index (χ2v) is 4.61. The van der Waals surface area contributed by atoms with Gasteiger partial charge in [0.05, 0.1) is 0 Å². The van der Waals surface area contributed by atoms with Crippen molar-refractivity contribution in [3.63, 3.8) is 0 Å². The maximum atomic E-state index is 13.0. The van der Waals surface area contributed by atoms with Gasteiger partial charge in [0.25, 0.3) is 0 Å². The molecule has 0 amide bonds. The van der Waals surface area contributed by atoms with Crippen molar-refractivity contribution in [1.29, 1.82) is 0 Å². The van der Waals surface area contributed by atoms with Gasteiger partial charge in [0.2, 0.25) is 0 Å². The lowest BCUT2D eigenvalue weighted by Crippen LogP contribution is -2.30. The molecule has 0 aliphatic heterocycles. The average molecular weight is 237 g/mol. The molecule has 0 saturated heterocycles. The van der Waals surface area contributed by atoms with Crippen LogP contribution in [-0.2, 0) is 6.42 Å². The Morgan fingerprint density at radius 1 is 1.18 bits per heavy atom. The summed E-state index contributed by atoms with van der Waals surface area (Å²) in [4.78, 5) is 0. The van der Waals surface area contributed by atoms with Crippen LogP contribution in [0.4, 0.5) is 4.39 Å². The summed E-state index contributed by atoms with van der Waals surface area (Å²) in [5.41, 5.74) is 1.07. The zero-order chi connectivity index (χ0) is 12.5. The lowest BCUT2D eigenvalue weighted by Gasteiger charge is -2.17. The number of halogens is 1. The van der Waals surface area contributed by atoms with Gasteiger partial charge in [-0.15, -0.1) is 0 Å². The molecule has 17 heavy (non-hydrogen) atoms. The molecule has 0 radical (unpaired) electrons. The first-order chi connectivity index (χ1) is 8.26. The maximum Gasteiger partial charge on any atom is 0.123 e. The minimum atomic E-state index is -0.138. The number of hydrogen-bond donors (Lipinski definition) is 1.